The van der Waals surface area contributed by atoms with Gasteiger partial charge >= 0.3 is 0 Å². The van der Waals surface area contributed by atoms with Gasteiger partial charge in [-0.05, 0) is 159 Å². The molecule has 0 radical (unpaired) electrons. The lowest BCUT2D eigenvalue weighted by atomic mass is 9.85. The Labute approximate surface area is 693 Å². The van der Waals surface area contributed by atoms with Gasteiger partial charge in [-0.15, -0.1) is 0 Å². The van der Waals surface area contributed by atoms with Gasteiger partial charge in [0.1, 0.15) is 52.4 Å². The predicted molar refractivity (Wildman–Crippen MR) is 471 cm³/mol. The van der Waals surface area contributed by atoms with Gasteiger partial charge in [-0.1, -0.05) is 195 Å². The zero-order chi connectivity index (χ0) is 72.7. The number of rotatable bonds is 56. The number of unbranched alkanes of at least 4 members (excludes halogenated alkanes) is 1. The van der Waals surface area contributed by atoms with Crippen LogP contribution in [0.1, 0.15) is 102 Å². The number of aliphatic hydroxyl groups is 1. The van der Waals surface area contributed by atoms with Gasteiger partial charge in [0.25, 0.3) is 0 Å². The maximum atomic E-state index is 10.1. The van der Waals surface area contributed by atoms with Crippen molar-refractivity contribution in [3.8, 4) is 0 Å². The summed E-state index contributed by atoms with van der Waals surface area (Å²) in [5.41, 5.74) is 0. The zero-order valence-electron chi connectivity index (χ0n) is 64.6. The molecule has 7 N–H and O–H groups in total. The minimum atomic E-state index is -0.324. The van der Waals surface area contributed by atoms with Crippen molar-refractivity contribution in [3.63, 3.8) is 0 Å². The van der Waals surface area contributed by atoms with Crippen molar-refractivity contribution in [2.75, 3.05) is 223 Å². The third-order valence-corrected chi connectivity index (χ3v) is 19.9. The number of likely N-dealkylation sites (tertiary alicyclic amines) is 2. The molecule has 0 aliphatic carbocycles. The van der Waals surface area contributed by atoms with E-state index in [-0.39, 0.29) is 100 Å². The number of nitrogens with zero attached hydrogens (tertiary/aromatic N) is 4. The van der Waals surface area contributed by atoms with E-state index in [1.807, 2.05) is 97.2 Å². The second-order valence-electron chi connectivity index (χ2n) is 27.9. The van der Waals surface area contributed by atoms with Crippen molar-refractivity contribution in [2.45, 2.75) is 108 Å². The van der Waals surface area contributed by atoms with Gasteiger partial charge in [-0.2, -0.15) is 0 Å². The monoisotopic (exact) mass is 1580 g/mol. The first-order valence-corrected chi connectivity index (χ1v) is 37.3. The Kier molecular flexibility index (Phi) is 103. The average Bonchev–Trinajstić information content (AvgIpc) is 0.807. The van der Waals surface area contributed by atoms with Gasteiger partial charge in [0.15, 0.2) is 6.10 Å². The minimum Gasteiger partial charge on any atom is -1.00 e. The first-order valence-electron chi connectivity index (χ1n) is 37.3. The molecule has 11 nitrogen and oxygen atoms in total. The van der Waals surface area contributed by atoms with Crippen molar-refractivity contribution < 1.29 is 102 Å². The van der Waals surface area contributed by atoms with Crippen LogP contribution in [0.25, 0.3) is 0 Å². The van der Waals surface area contributed by atoms with Crippen LogP contribution in [0.5, 0.6) is 0 Å². The largest absolute Gasteiger partial charge is 1.00 e. The van der Waals surface area contributed by atoms with E-state index in [2.05, 4.69) is 156 Å². The average molecular weight is 1580 g/mol. The highest BCUT2D eigenvalue weighted by Gasteiger charge is 2.40. The highest BCUT2D eigenvalue weighted by Crippen LogP contribution is 2.32. The molecule has 626 valence electrons. The molecule has 0 saturated carbocycles. The summed E-state index contributed by atoms with van der Waals surface area (Å²) >= 11 is 0. The highest BCUT2D eigenvalue weighted by atomic mass is 35.5. The molecule has 15 heteroatoms. The lowest BCUT2D eigenvalue weighted by Gasteiger charge is -2.48. The lowest BCUT2D eigenvalue weighted by molar-refractivity contribution is -1.02. The lowest BCUT2D eigenvalue weighted by Crippen LogP contribution is -3.20. The Morgan fingerprint density at radius 3 is 0.589 bits per heavy atom. The molecular weight excluding hydrogens is 1400 g/mol. The van der Waals surface area contributed by atoms with E-state index in [1.54, 1.807) is 9.80 Å². The quantitative estimate of drug-likeness (QED) is 0.0220. The van der Waals surface area contributed by atoms with E-state index in [4.69, 9.17) is 0 Å². The standard InChI is InChI=1S/C25H44N2.2C16H28N2.C15H26N2O.C14H24N2.6CH4.4ClH/c1-5-16-26(17-6-2)20-12-24(13-21-26)10-9-11-25-14-22-27(18-7-3,19-8-4)23-15-25;1-5-9-17(10-6-2)13-15-18(11-7-3,12-8-4)16-14-17;1-5-11-17(12-6-2)15-9-10-16-18(13-7-3)14-8-4;1-5-9-16(10-6-2)13-15(18)14-17(11-7-3)12-8-4;1-5-9-15(10-6-2)13-14-16(11-7-3)12-8-4;;;;;;;;;;/h5-8,24-25H,1-4,9-23H2;2*5-8H,1-4,9-16H2;5-8,15,18H,1-4,9-14H2;5-8H,1-4,9-14H2;6*1H4;4*1H/q2*+2;;;;;;;;;;;;;/p+2. The maximum Gasteiger partial charge on any atom is 0.152 e. The van der Waals surface area contributed by atoms with E-state index >= 15 is 0 Å². The number of halogens is 4. The molecule has 0 spiro atoms. The number of aliphatic hydroxyl groups excluding tert-OH is 1. The van der Waals surface area contributed by atoms with E-state index in [0.29, 0.717) is 0 Å². The fourth-order valence-electron chi connectivity index (χ4n) is 14.6. The minimum absolute atomic E-state index is 0. The summed E-state index contributed by atoms with van der Waals surface area (Å²) in [7, 11) is 0. The number of quaternary nitrogens is 10. The number of piperazine rings is 1. The summed E-state index contributed by atoms with van der Waals surface area (Å²) in [5, 5.41) is 10.1. The number of hydrogen-bond acceptors (Lipinski definition) is 1. The Balaban J connectivity index is -0.000000104. The molecule has 0 amide bonds. The first kappa shape index (κ1) is 129. The Morgan fingerprint density at radius 2 is 0.411 bits per heavy atom. The van der Waals surface area contributed by atoms with Crippen molar-refractivity contribution in [1.29, 1.82) is 0 Å². The molecule has 3 aliphatic heterocycles. The Hall–Kier alpha value is -4.48. The van der Waals surface area contributed by atoms with Crippen LogP contribution < -0.4 is 79.0 Å². The molecule has 0 bridgehead atoms. The van der Waals surface area contributed by atoms with Crippen LogP contribution >= 0.6 is 0 Å². The summed E-state index contributed by atoms with van der Waals surface area (Å²) < 4.78 is 4.61. The van der Waals surface area contributed by atoms with Crippen LogP contribution in [-0.2, 0) is 0 Å². The third kappa shape index (κ3) is 61.8. The molecule has 3 saturated heterocycles. The molecule has 0 aromatic heterocycles. The Morgan fingerprint density at radius 1 is 0.243 bits per heavy atom. The molecular formula is C92H180Cl4N10O+6. The molecule has 3 heterocycles. The van der Waals surface area contributed by atoms with Gasteiger partial charge in [-0.25, -0.2) is 0 Å². The van der Waals surface area contributed by atoms with Gasteiger partial charge in [0.05, 0.1) is 170 Å². The first-order chi connectivity index (χ1) is 47.0. The number of piperidine rings is 2. The fourth-order valence-corrected chi connectivity index (χ4v) is 14.6. The molecule has 0 aromatic carbocycles. The van der Waals surface area contributed by atoms with Gasteiger partial charge < -0.3 is 102 Å². The summed E-state index contributed by atoms with van der Waals surface area (Å²) in [6, 6.07) is 0. The van der Waals surface area contributed by atoms with Gasteiger partial charge in [-0.3, -0.25) is 0 Å². The van der Waals surface area contributed by atoms with Crippen LogP contribution in [0, 0.1) is 11.8 Å². The molecule has 3 rings (SSSR count). The molecule has 0 aromatic rings. The van der Waals surface area contributed by atoms with E-state index in [1.165, 1.54) is 152 Å². The second-order valence-corrected chi connectivity index (χ2v) is 27.9. The summed E-state index contributed by atoms with van der Waals surface area (Å²) in [4.78, 5) is 8.68. The normalized spacial score (nSPS) is 14.4. The molecule has 3 fully saturated rings. The zero-order valence-corrected chi connectivity index (χ0v) is 67.6. The van der Waals surface area contributed by atoms with Crippen LogP contribution in [0.4, 0.5) is 0 Å². The van der Waals surface area contributed by atoms with E-state index < -0.39 is 0 Å². The molecule has 3 aliphatic rings. The van der Waals surface area contributed by atoms with Crippen molar-refractivity contribution in [1.82, 2.24) is 0 Å². The summed E-state index contributed by atoms with van der Waals surface area (Å²) in [5.74, 6) is 1.90. The summed E-state index contributed by atoms with van der Waals surface area (Å²) in [6.07, 6.45) is 52.0. The highest BCUT2D eigenvalue weighted by molar-refractivity contribution is 4.82. The van der Waals surface area contributed by atoms with E-state index in [0.717, 1.165) is 178 Å². The smallest absolute Gasteiger partial charge is 0.152 e. The maximum absolute atomic E-state index is 10.1. The van der Waals surface area contributed by atoms with Crippen molar-refractivity contribution in [3.05, 3.63) is 253 Å². The van der Waals surface area contributed by atoms with Crippen LogP contribution in [0.2, 0.25) is 0 Å². The van der Waals surface area contributed by atoms with Gasteiger partial charge in [0, 0.05) is 12.8 Å². The summed E-state index contributed by atoms with van der Waals surface area (Å²) in [6.45, 7) is 113. The van der Waals surface area contributed by atoms with E-state index in [9.17, 15) is 5.11 Å². The fraction of sp³-hybridized carbons (Fsp3) is 0.565. The third-order valence-electron chi connectivity index (χ3n) is 19.9. The van der Waals surface area contributed by atoms with Crippen LogP contribution in [-0.4, -0.2) is 252 Å². The second kappa shape index (κ2) is 85.5. The molecule has 0 unspecified atom stereocenters. The number of hydrogen-bond donors (Lipinski definition) is 7. The SMILES string of the molecule is C.C.C.C.C.C.C=CC[N+]1(CC=C)CCC(CCCC2CC[N+](CC=C)(CC=C)CC2)CC1.C=CC[N+]1(CC=C)CC[N+](CC=C)(CC=C)CC1.C=CC[NH+](CC=C)CC(O)C[NH+](CC=C)CC=C.C=CC[NH+](CC=C)CCCC[NH+](CC=C)CC=C.C=CC[NH+](CC=C)CC[NH+](CC=C)CC=C.[Cl-].[Cl-].[Cl-].[Cl-]. The molecule has 0 atom stereocenters. The number of nitrogens with one attached hydrogen (secondary N) is 6. The molecule has 107 heavy (non-hydrogen) atoms. The topological polar surface area (TPSA) is 46.9 Å². The van der Waals surface area contributed by atoms with Crippen LogP contribution in [0.3, 0.4) is 0 Å². The van der Waals surface area contributed by atoms with Crippen molar-refractivity contribution >= 4 is 0 Å². The van der Waals surface area contributed by atoms with Crippen LogP contribution in [0.15, 0.2) is 253 Å². The predicted octanol–water partition coefficient (Wildman–Crippen LogP) is -1.79. The van der Waals surface area contributed by atoms with Crippen molar-refractivity contribution in [2.24, 2.45) is 11.8 Å². The Bertz CT molecular complexity index is 1990. The van der Waals surface area contributed by atoms with Gasteiger partial charge in [0.2, 0.25) is 0 Å².